The molecule has 3 aliphatic rings. The van der Waals surface area contributed by atoms with Crippen LogP contribution in [-0.4, -0.2) is 18.0 Å². The molecular formula is C17H30N2O. The summed E-state index contributed by atoms with van der Waals surface area (Å²) in [5.74, 6) is 3.48. The molecule has 2 bridgehead atoms. The number of nitrogens with two attached hydrogens (primary N) is 1. The second-order valence-electron chi connectivity index (χ2n) is 7.85. The number of rotatable bonds is 4. The number of hydrogen-bond acceptors (Lipinski definition) is 2. The van der Waals surface area contributed by atoms with Gasteiger partial charge in [0.2, 0.25) is 5.91 Å². The van der Waals surface area contributed by atoms with Crippen LogP contribution in [-0.2, 0) is 4.79 Å². The van der Waals surface area contributed by atoms with Crippen LogP contribution in [0.3, 0.4) is 0 Å². The molecule has 0 aromatic rings. The third-order valence-corrected chi connectivity index (χ3v) is 6.36. The summed E-state index contributed by atoms with van der Waals surface area (Å²) in [6.07, 6.45) is 10.7. The molecule has 3 nitrogen and oxygen atoms in total. The van der Waals surface area contributed by atoms with Crippen LogP contribution in [0, 0.1) is 23.7 Å². The largest absolute Gasteiger partial charge is 0.349 e. The fraction of sp³-hybridized carbons (Fsp3) is 0.941. The minimum Gasteiger partial charge on any atom is -0.349 e. The molecule has 0 heterocycles. The summed E-state index contributed by atoms with van der Waals surface area (Å²) < 4.78 is 0. The molecular weight excluding hydrogens is 248 g/mol. The first-order valence-corrected chi connectivity index (χ1v) is 8.61. The van der Waals surface area contributed by atoms with Gasteiger partial charge in [0.25, 0.3) is 0 Å². The van der Waals surface area contributed by atoms with Gasteiger partial charge in [0, 0.05) is 13.0 Å². The molecule has 0 aromatic heterocycles. The summed E-state index contributed by atoms with van der Waals surface area (Å²) in [5.41, 5.74) is 5.89. The molecule has 3 aliphatic carbocycles. The smallest absolute Gasteiger partial charge is 0.220 e. The zero-order valence-electron chi connectivity index (χ0n) is 12.9. The highest BCUT2D eigenvalue weighted by atomic mass is 16.1. The first-order valence-electron chi connectivity index (χ1n) is 8.61. The third-order valence-electron chi connectivity index (χ3n) is 6.36. The van der Waals surface area contributed by atoms with E-state index >= 15 is 0 Å². The Hall–Kier alpha value is -0.570. The molecule has 3 saturated carbocycles. The first-order chi connectivity index (χ1) is 9.60. The van der Waals surface area contributed by atoms with E-state index in [-0.39, 0.29) is 11.4 Å². The Bertz CT molecular complexity index is 360. The maximum absolute atomic E-state index is 12.4. The third kappa shape index (κ3) is 2.88. The zero-order valence-corrected chi connectivity index (χ0v) is 12.9. The van der Waals surface area contributed by atoms with Gasteiger partial charge in [-0.25, -0.2) is 0 Å². The van der Waals surface area contributed by atoms with E-state index in [4.69, 9.17) is 5.73 Å². The molecule has 0 aliphatic heterocycles. The lowest BCUT2D eigenvalue weighted by Crippen LogP contribution is -2.55. The topological polar surface area (TPSA) is 55.1 Å². The Labute approximate surface area is 123 Å². The molecule has 3 heteroatoms. The Morgan fingerprint density at radius 1 is 1.20 bits per heavy atom. The van der Waals surface area contributed by atoms with Crippen LogP contribution in [0.5, 0.6) is 0 Å². The molecule has 3 unspecified atom stereocenters. The first kappa shape index (κ1) is 14.4. The summed E-state index contributed by atoms with van der Waals surface area (Å²) in [4.78, 5) is 12.4. The lowest BCUT2D eigenvalue weighted by Gasteiger charge is -2.39. The van der Waals surface area contributed by atoms with E-state index in [2.05, 4.69) is 12.2 Å². The molecule has 0 saturated heterocycles. The summed E-state index contributed by atoms with van der Waals surface area (Å²) in [5, 5.41) is 3.33. The second-order valence-corrected chi connectivity index (χ2v) is 7.85. The predicted molar refractivity (Wildman–Crippen MR) is 81.1 cm³/mol. The molecule has 3 N–H and O–H groups in total. The van der Waals surface area contributed by atoms with Gasteiger partial charge in [-0.1, -0.05) is 13.3 Å². The van der Waals surface area contributed by atoms with Gasteiger partial charge in [0.15, 0.2) is 0 Å². The molecule has 0 aromatic carbocycles. The number of fused-ring (bicyclic) bond motifs is 2. The molecule has 114 valence electrons. The van der Waals surface area contributed by atoms with Gasteiger partial charge in [-0.3, -0.25) is 4.79 Å². The van der Waals surface area contributed by atoms with Crippen molar-refractivity contribution in [2.75, 3.05) is 6.54 Å². The van der Waals surface area contributed by atoms with E-state index in [0.717, 1.165) is 37.0 Å². The summed E-state index contributed by atoms with van der Waals surface area (Å²) >= 11 is 0. The minimum atomic E-state index is -0.0960. The molecule has 20 heavy (non-hydrogen) atoms. The fourth-order valence-electron chi connectivity index (χ4n) is 4.91. The normalized spacial score (nSPS) is 43.7. The van der Waals surface area contributed by atoms with Crippen molar-refractivity contribution in [1.82, 2.24) is 5.32 Å². The summed E-state index contributed by atoms with van der Waals surface area (Å²) in [6, 6.07) is 0. The van der Waals surface area contributed by atoms with Crippen LogP contribution < -0.4 is 11.1 Å². The Morgan fingerprint density at radius 3 is 2.50 bits per heavy atom. The average molecular weight is 278 g/mol. The lowest BCUT2D eigenvalue weighted by atomic mass is 9.76. The van der Waals surface area contributed by atoms with Crippen LogP contribution in [0.4, 0.5) is 0 Å². The van der Waals surface area contributed by atoms with E-state index in [1.807, 2.05) is 0 Å². The van der Waals surface area contributed by atoms with Crippen molar-refractivity contribution >= 4 is 5.91 Å². The summed E-state index contributed by atoms with van der Waals surface area (Å²) in [6.45, 7) is 2.90. The minimum absolute atomic E-state index is 0.0960. The Kier molecular flexibility index (Phi) is 4.07. The highest BCUT2D eigenvalue weighted by Gasteiger charge is 2.41. The van der Waals surface area contributed by atoms with Crippen molar-refractivity contribution in [3.05, 3.63) is 0 Å². The quantitative estimate of drug-likeness (QED) is 0.831. The Morgan fingerprint density at radius 2 is 1.95 bits per heavy atom. The lowest BCUT2D eigenvalue weighted by molar-refractivity contribution is -0.124. The maximum atomic E-state index is 12.4. The van der Waals surface area contributed by atoms with Gasteiger partial charge in [0.1, 0.15) is 0 Å². The van der Waals surface area contributed by atoms with Crippen molar-refractivity contribution in [2.24, 2.45) is 29.4 Å². The second kappa shape index (κ2) is 5.67. The molecule has 0 radical (unpaired) electrons. The van der Waals surface area contributed by atoms with Crippen molar-refractivity contribution in [3.8, 4) is 0 Å². The van der Waals surface area contributed by atoms with E-state index in [1.54, 1.807) is 0 Å². The number of carbonyl (C=O) groups is 1. The maximum Gasteiger partial charge on any atom is 0.220 e. The van der Waals surface area contributed by atoms with Crippen LogP contribution in [0.25, 0.3) is 0 Å². The number of amides is 1. The average Bonchev–Trinajstić information content (AvgIpc) is 3.04. The van der Waals surface area contributed by atoms with Crippen LogP contribution >= 0.6 is 0 Å². The SMILES string of the molecule is CC1CCC(CN)(NC(=O)CC2CC3CCC2C3)CC1. The van der Waals surface area contributed by atoms with Gasteiger partial charge in [-0.05, 0) is 68.6 Å². The van der Waals surface area contributed by atoms with Crippen molar-refractivity contribution < 1.29 is 4.79 Å². The predicted octanol–water partition coefficient (Wildman–Crippen LogP) is 2.84. The van der Waals surface area contributed by atoms with E-state index < -0.39 is 0 Å². The monoisotopic (exact) mass is 278 g/mol. The molecule has 1 amide bonds. The van der Waals surface area contributed by atoms with Crippen molar-refractivity contribution in [3.63, 3.8) is 0 Å². The summed E-state index contributed by atoms with van der Waals surface area (Å²) in [7, 11) is 0. The number of nitrogens with one attached hydrogen (secondary N) is 1. The van der Waals surface area contributed by atoms with Crippen LogP contribution in [0.1, 0.15) is 64.7 Å². The Balaban J connectivity index is 1.52. The molecule has 3 atom stereocenters. The van der Waals surface area contributed by atoms with Gasteiger partial charge in [-0.15, -0.1) is 0 Å². The fourth-order valence-corrected chi connectivity index (χ4v) is 4.91. The van der Waals surface area contributed by atoms with Crippen molar-refractivity contribution in [2.45, 2.75) is 70.3 Å². The number of carbonyl (C=O) groups excluding carboxylic acids is 1. The van der Waals surface area contributed by atoms with Crippen LogP contribution in [0.2, 0.25) is 0 Å². The van der Waals surface area contributed by atoms with Gasteiger partial charge in [0.05, 0.1) is 5.54 Å². The van der Waals surface area contributed by atoms with E-state index in [9.17, 15) is 4.79 Å². The zero-order chi connectivity index (χ0) is 14.2. The van der Waals surface area contributed by atoms with Crippen LogP contribution in [0.15, 0.2) is 0 Å². The highest BCUT2D eigenvalue weighted by molar-refractivity contribution is 5.77. The van der Waals surface area contributed by atoms with E-state index in [1.165, 1.54) is 38.5 Å². The van der Waals surface area contributed by atoms with Crippen molar-refractivity contribution in [1.29, 1.82) is 0 Å². The molecule has 3 rings (SSSR count). The standard InChI is InChI=1S/C17H30N2O/c1-12-4-6-17(11-18,7-5-12)19-16(20)10-15-9-13-2-3-14(15)8-13/h12-15H,2-11,18H2,1H3,(H,19,20). The van der Waals surface area contributed by atoms with E-state index in [0.29, 0.717) is 12.5 Å². The molecule has 3 fully saturated rings. The van der Waals surface area contributed by atoms with Gasteiger partial charge < -0.3 is 11.1 Å². The number of hydrogen-bond donors (Lipinski definition) is 2. The van der Waals surface area contributed by atoms with Gasteiger partial charge in [-0.2, -0.15) is 0 Å². The van der Waals surface area contributed by atoms with Gasteiger partial charge >= 0.3 is 0 Å². The molecule has 0 spiro atoms. The highest BCUT2D eigenvalue weighted by Crippen LogP contribution is 2.49.